The van der Waals surface area contributed by atoms with Crippen molar-refractivity contribution in [2.24, 2.45) is 0 Å². The van der Waals surface area contributed by atoms with E-state index < -0.39 is 12.0 Å². The summed E-state index contributed by atoms with van der Waals surface area (Å²) in [4.78, 5) is 24.7. The van der Waals surface area contributed by atoms with E-state index in [0.717, 1.165) is 30.2 Å². The van der Waals surface area contributed by atoms with Crippen molar-refractivity contribution in [1.29, 1.82) is 0 Å². The Bertz CT molecular complexity index is 547. The average molecular weight is 376 g/mol. The predicted octanol–water partition coefficient (Wildman–Crippen LogP) is 3.96. The number of halogens is 2. The first kappa shape index (κ1) is 16.1. The van der Waals surface area contributed by atoms with Crippen molar-refractivity contribution < 1.29 is 14.7 Å². The first-order valence-electron chi connectivity index (χ1n) is 6.72. The molecule has 7 heteroatoms. The minimum atomic E-state index is -1.01. The first-order valence-corrected chi connectivity index (χ1v) is 7.89. The number of hydrogen-bond acceptors (Lipinski definition) is 2. The van der Waals surface area contributed by atoms with E-state index in [1.165, 1.54) is 4.90 Å². The van der Waals surface area contributed by atoms with Crippen molar-refractivity contribution in [2.75, 3.05) is 11.9 Å². The summed E-state index contributed by atoms with van der Waals surface area (Å²) < 4.78 is 0.809. The van der Waals surface area contributed by atoms with Gasteiger partial charge in [0.25, 0.3) is 0 Å². The third-order valence-corrected chi connectivity index (χ3v) is 4.31. The monoisotopic (exact) mass is 374 g/mol. The number of anilines is 1. The summed E-state index contributed by atoms with van der Waals surface area (Å²) in [6.07, 6.45) is 3.73. The van der Waals surface area contributed by atoms with Crippen LogP contribution in [0.15, 0.2) is 22.7 Å². The van der Waals surface area contributed by atoms with Gasteiger partial charge in [-0.15, -0.1) is 0 Å². The van der Waals surface area contributed by atoms with E-state index >= 15 is 0 Å². The van der Waals surface area contributed by atoms with Gasteiger partial charge in [-0.2, -0.15) is 0 Å². The lowest BCUT2D eigenvalue weighted by atomic mass is 10.2. The number of nitrogens with zero attached hydrogens (tertiary/aromatic N) is 1. The maximum atomic E-state index is 12.4. The van der Waals surface area contributed by atoms with Crippen LogP contribution in [0.4, 0.5) is 10.5 Å². The SMILES string of the molecule is O=C(O)CN(C(=O)Nc1ccc(Br)cc1Cl)C1CCCC1. The van der Waals surface area contributed by atoms with Gasteiger partial charge in [0.1, 0.15) is 6.54 Å². The molecule has 1 saturated carbocycles. The quantitative estimate of drug-likeness (QED) is 0.837. The number of nitrogens with one attached hydrogen (secondary N) is 1. The number of carbonyl (C=O) groups is 2. The van der Waals surface area contributed by atoms with E-state index in [0.29, 0.717) is 10.7 Å². The first-order chi connectivity index (χ1) is 9.97. The molecule has 1 aliphatic rings. The van der Waals surface area contributed by atoms with Crippen LogP contribution in [0.1, 0.15) is 25.7 Å². The van der Waals surface area contributed by atoms with Crippen LogP contribution in [0, 0.1) is 0 Å². The molecule has 2 N–H and O–H groups in total. The van der Waals surface area contributed by atoms with E-state index in [1.807, 2.05) is 0 Å². The lowest BCUT2D eigenvalue weighted by Gasteiger charge is -2.27. The third-order valence-electron chi connectivity index (χ3n) is 3.50. The highest BCUT2D eigenvalue weighted by atomic mass is 79.9. The molecule has 0 aromatic heterocycles. The molecule has 0 spiro atoms. The van der Waals surface area contributed by atoms with Crippen molar-refractivity contribution in [2.45, 2.75) is 31.7 Å². The van der Waals surface area contributed by atoms with Crippen LogP contribution >= 0.6 is 27.5 Å². The largest absolute Gasteiger partial charge is 0.480 e. The normalized spacial score (nSPS) is 15.0. The molecule has 0 heterocycles. The number of benzene rings is 1. The summed E-state index contributed by atoms with van der Waals surface area (Å²) in [5.74, 6) is -1.01. The molecule has 114 valence electrons. The van der Waals surface area contributed by atoms with Crippen LogP contribution in [-0.4, -0.2) is 34.6 Å². The zero-order valence-electron chi connectivity index (χ0n) is 11.3. The van der Waals surface area contributed by atoms with E-state index in [9.17, 15) is 9.59 Å². The van der Waals surface area contributed by atoms with Crippen molar-refractivity contribution >= 4 is 45.2 Å². The number of aliphatic carboxylic acids is 1. The highest BCUT2D eigenvalue weighted by Gasteiger charge is 2.28. The Morgan fingerprint density at radius 2 is 2.05 bits per heavy atom. The van der Waals surface area contributed by atoms with Gasteiger partial charge >= 0.3 is 12.0 Å². The van der Waals surface area contributed by atoms with Crippen LogP contribution < -0.4 is 5.32 Å². The number of urea groups is 1. The maximum Gasteiger partial charge on any atom is 0.323 e. The highest BCUT2D eigenvalue weighted by Crippen LogP contribution is 2.28. The summed E-state index contributed by atoms with van der Waals surface area (Å²) in [7, 11) is 0. The summed E-state index contributed by atoms with van der Waals surface area (Å²) in [5.41, 5.74) is 0.471. The van der Waals surface area contributed by atoms with Gasteiger partial charge in [0.05, 0.1) is 10.7 Å². The van der Waals surface area contributed by atoms with Gasteiger partial charge in [-0.05, 0) is 31.0 Å². The average Bonchev–Trinajstić information content (AvgIpc) is 2.92. The Balaban J connectivity index is 2.11. The van der Waals surface area contributed by atoms with Crippen molar-refractivity contribution in [3.63, 3.8) is 0 Å². The van der Waals surface area contributed by atoms with E-state index in [-0.39, 0.29) is 12.6 Å². The van der Waals surface area contributed by atoms with Crippen LogP contribution in [0.5, 0.6) is 0 Å². The molecule has 0 saturated heterocycles. The second-order valence-corrected chi connectivity index (χ2v) is 6.34. The summed E-state index contributed by atoms with van der Waals surface area (Å²) in [5, 5.41) is 12.1. The fourth-order valence-corrected chi connectivity index (χ4v) is 3.23. The summed E-state index contributed by atoms with van der Waals surface area (Å²) in [6.45, 7) is -0.301. The smallest absolute Gasteiger partial charge is 0.323 e. The van der Waals surface area contributed by atoms with E-state index in [2.05, 4.69) is 21.2 Å². The maximum absolute atomic E-state index is 12.4. The minimum Gasteiger partial charge on any atom is -0.480 e. The molecule has 0 unspecified atom stereocenters. The van der Waals surface area contributed by atoms with Gasteiger partial charge in [0.15, 0.2) is 0 Å². The Morgan fingerprint density at radius 3 is 2.62 bits per heavy atom. The van der Waals surface area contributed by atoms with Gasteiger partial charge < -0.3 is 15.3 Å². The number of rotatable bonds is 4. The molecule has 5 nitrogen and oxygen atoms in total. The second-order valence-electron chi connectivity index (χ2n) is 5.01. The molecule has 2 amide bonds. The summed E-state index contributed by atoms with van der Waals surface area (Å²) in [6, 6.07) is 4.67. The Labute approximate surface area is 136 Å². The zero-order chi connectivity index (χ0) is 15.4. The zero-order valence-corrected chi connectivity index (χ0v) is 13.7. The number of amides is 2. The van der Waals surface area contributed by atoms with Crippen LogP contribution in [0.2, 0.25) is 5.02 Å². The van der Waals surface area contributed by atoms with Crippen molar-refractivity contribution in [1.82, 2.24) is 4.90 Å². The van der Waals surface area contributed by atoms with Crippen molar-refractivity contribution in [3.8, 4) is 0 Å². The van der Waals surface area contributed by atoms with Crippen LogP contribution in [-0.2, 0) is 4.79 Å². The number of hydrogen-bond donors (Lipinski definition) is 2. The molecular weight excluding hydrogens is 360 g/mol. The molecule has 1 aromatic carbocycles. The molecule has 21 heavy (non-hydrogen) atoms. The predicted molar refractivity (Wildman–Crippen MR) is 84.8 cm³/mol. The topological polar surface area (TPSA) is 69.6 Å². The van der Waals surface area contributed by atoms with Gasteiger partial charge in [-0.25, -0.2) is 4.79 Å². The van der Waals surface area contributed by atoms with E-state index in [1.54, 1.807) is 18.2 Å². The molecule has 1 aliphatic carbocycles. The number of carbonyl (C=O) groups excluding carboxylic acids is 1. The molecule has 0 radical (unpaired) electrons. The molecule has 0 atom stereocenters. The lowest BCUT2D eigenvalue weighted by Crippen LogP contribution is -2.44. The molecule has 0 aliphatic heterocycles. The molecule has 0 bridgehead atoms. The fraction of sp³-hybridized carbons (Fsp3) is 0.429. The van der Waals surface area contributed by atoms with Gasteiger partial charge in [-0.3, -0.25) is 4.79 Å². The van der Waals surface area contributed by atoms with Gasteiger partial charge in [-0.1, -0.05) is 40.4 Å². The van der Waals surface area contributed by atoms with Crippen LogP contribution in [0.25, 0.3) is 0 Å². The number of carboxylic acid groups (broad SMARTS) is 1. The highest BCUT2D eigenvalue weighted by molar-refractivity contribution is 9.10. The van der Waals surface area contributed by atoms with Crippen molar-refractivity contribution in [3.05, 3.63) is 27.7 Å². The Kier molecular flexibility index (Phi) is 5.47. The Morgan fingerprint density at radius 1 is 1.38 bits per heavy atom. The number of carboxylic acids is 1. The lowest BCUT2D eigenvalue weighted by molar-refractivity contribution is -0.138. The molecule has 1 fully saturated rings. The fourth-order valence-electron chi connectivity index (χ4n) is 2.51. The third kappa shape index (κ3) is 4.35. The van der Waals surface area contributed by atoms with Gasteiger partial charge in [0, 0.05) is 10.5 Å². The standard InChI is InChI=1S/C14H16BrClN2O3/c15-9-5-6-12(11(16)7-9)17-14(21)18(8-13(19)20)10-3-1-2-4-10/h5-7,10H,1-4,8H2,(H,17,21)(H,19,20). The Hall–Kier alpha value is -1.27. The van der Waals surface area contributed by atoms with E-state index in [4.69, 9.17) is 16.7 Å². The summed E-state index contributed by atoms with van der Waals surface area (Å²) >= 11 is 9.36. The molecule has 2 rings (SSSR count). The second kappa shape index (κ2) is 7.13. The molecular formula is C14H16BrClN2O3. The van der Waals surface area contributed by atoms with Crippen LogP contribution in [0.3, 0.4) is 0 Å². The minimum absolute atomic E-state index is 0.0182. The van der Waals surface area contributed by atoms with Gasteiger partial charge in [0.2, 0.25) is 0 Å². The molecule has 1 aromatic rings.